The van der Waals surface area contributed by atoms with Crippen LogP contribution in [-0.2, 0) is 19.7 Å². The summed E-state index contributed by atoms with van der Waals surface area (Å²) in [6.07, 6.45) is 2.35. The van der Waals surface area contributed by atoms with Crippen molar-refractivity contribution in [2.24, 2.45) is 5.73 Å². The highest BCUT2D eigenvalue weighted by molar-refractivity contribution is 7.91. The van der Waals surface area contributed by atoms with Crippen LogP contribution in [0.25, 0.3) is 0 Å². The third-order valence-corrected chi connectivity index (χ3v) is 7.21. The zero-order chi connectivity index (χ0) is 29.1. The number of nitrogens with two attached hydrogens (primary N) is 1. The van der Waals surface area contributed by atoms with Gasteiger partial charge in [-0.15, -0.1) is 0 Å². The summed E-state index contributed by atoms with van der Waals surface area (Å²) in [7, 11) is -1.04. The summed E-state index contributed by atoms with van der Waals surface area (Å²) in [5, 5.41) is 23.2. The van der Waals surface area contributed by atoms with Crippen molar-refractivity contribution in [3.63, 3.8) is 0 Å². The molecule has 0 aliphatic rings. The predicted molar refractivity (Wildman–Crippen MR) is 152 cm³/mol. The first-order valence-corrected chi connectivity index (χ1v) is 14.7. The van der Waals surface area contributed by atoms with Crippen LogP contribution < -0.4 is 21.3 Å². The van der Waals surface area contributed by atoms with Gasteiger partial charge in [-0.25, -0.2) is 16.8 Å². The van der Waals surface area contributed by atoms with Crippen molar-refractivity contribution in [3.8, 4) is 0 Å². The molecule has 0 saturated carbocycles. The second-order valence-electron chi connectivity index (χ2n) is 7.81. The Hall–Kier alpha value is -4.17. The zero-order valence-electron chi connectivity index (χ0n) is 21.7. The molecule has 0 fully saturated rings. The number of hydrogen-bond acceptors (Lipinski definition) is 9. The summed E-state index contributed by atoms with van der Waals surface area (Å²) < 4.78 is 44.4. The van der Waals surface area contributed by atoms with E-state index in [1.54, 1.807) is 69.7 Å². The molecule has 0 spiro atoms. The van der Waals surface area contributed by atoms with Crippen molar-refractivity contribution in [1.82, 2.24) is 0 Å². The first kappa shape index (κ1) is 31.9. The lowest BCUT2D eigenvalue weighted by atomic mass is 10.3. The lowest BCUT2D eigenvalue weighted by Gasteiger charge is -2.16. The molecule has 0 aromatic heterocycles. The predicted octanol–water partition coefficient (Wildman–Crippen LogP) is 3.19. The minimum absolute atomic E-state index is 0.0953. The number of nitro benzene ring substituents is 1. The Kier molecular flexibility index (Phi) is 11.7. The summed E-state index contributed by atoms with van der Waals surface area (Å²) in [5.74, 6) is -0.0953. The fraction of sp³-hybridized carbons (Fsp3) is 0.208. The third kappa shape index (κ3) is 10.4. The van der Waals surface area contributed by atoms with E-state index in [-0.39, 0.29) is 16.5 Å². The summed E-state index contributed by atoms with van der Waals surface area (Å²) in [4.78, 5) is 11.8. The first-order valence-electron chi connectivity index (χ1n) is 10.9. The Balaban J connectivity index is 0.000000289. The summed E-state index contributed by atoms with van der Waals surface area (Å²) in [5.41, 5.74) is 7.85. The van der Waals surface area contributed by atoms with Crippen molar-refractivity contribution in [3.05, 3.63) is 82.9 Å². The number of rotatable bonds is 6. The van der Waals surface area contributed by atoms with Gasteiger partial charge in [-0.2, -0.15) is 0 Å². The maximum atomic E-state index is 11.2. The molecule has 0 atom stereocenters. The molecule has 12 nitrogen and oxygen atoms in total. The molecule has 0 aliphatic carbocycles. The highest BCUT2D eigenvalue weighted by Crippen LogP contribution is 2.17. The number of anilines is 3. The van der Waals surface area contributed by atoms with Crippen LogP contribution in [0.5, 0.6) is 0 Å². The van der Waals surface area contributed by atoms with Crippen molar-refractivity contribution >= 4 is 48.4 Å². The van der Waals surface area contributed by atoms with E-state index in [1.807, 2.05) is 0 Å². The summed E-state index contributed by atoms with van der Waals surface area (Å²) >= 11 is 0. The molecule has 0 amide bonds. The van der Waals surface area contributed by atoms with E-state index in [9.17, 15) is 26.9 Å². The van der Waals surface area contributed by atoms with Gasteiger partial charge in [0.15, 0.2) is 25.6 Å². The van der Waals surface area contributed by atoms with Gasteiger partial charge in [0.05, 0.1) is 14.7 Å². The van der Waals surface area contributed by atoms with Gasteiger partial charge in [-0.1, -0.05) is 0 Å². The van der Waals surface area contributed by atoms with Crippen LogP contribution in [0.15, 0.2) is 82.6 Å². The van der Waals surface area contributed by atoms with Gasteiger partial charge >= 0.3 is 0 Å². The lowest BCUT2D eigenvalue weighted by molar-refractivity contribution is -0.384. The largest absolute Gasteiger partial charge is 0.388 e. The minimum Gasteiger partial charge on any atom is -0.388 e. The van der Waals surface area contributed by atoms with E-state index < -0.39 is 24.6 Å². The van der Waals surface area contributed by atoms with Crippen molar-refractivity contribution in [2.45, 2.75) is 9.79 Å². The van der Waals surface area contributed by atoms with Crippen LogP contribution in [0.4, 0.5) is 22.7 Å². The number of nitro groups is 1. The molecule has 0 saturated heterocycles. The second-order valence-corrected chi connectivity index (χ2v) is 11.8. The molecule has 0 heterocycles. The van der Waals surface area contributed by atoms with E-state index in [2.05, 4.69) is 10.6 Å². The fourth-order valence-electron chi connectivity index (χ4n) is 2.67. The maximum absolute atomic E-state index is 11.2. The average molecular weight is 565 g/mol. The normalized spacial score (nSPS) is 10.6. The van der Waals surface area contributed by atoms with Crippen LogP contribution in [-0.4, -0.2) is 61.4 Å². The zero-order valence-corrected chi connectivity index (χ0v) is 23.3. The highest BCUT2D eigenvalue weighted by atomic mass is 32.2. The Morgan fingerprint density at radius 1 is 0.789 bits per heavy atom. The molecular formula is C24H32N6O6S2. The van der Waals surface area contributed by atoms with Gasteiger partial charge in [0, 0.05) is 62.8 Å². The number of hydrogen-bond donors (Lipinski definition) is 4. The number of sulfone groups is 2. The van der Waals surface area contributed by atoms with Crippen molar-refractivity contribution in [2.75, 3.05) is 49.2 Å². The van der Waals surface area contributed by atoms with Gasteiger partial charge in [0.25, 0.3) is 5.69 Å². The van der Waals surface area contributed by atoms with E-state index in [1.165, 1.54) is 35.4 Å². The van der Waals surface area contributed by atoms with Crippen molar-refractivity contribution in [1.29, 1.82) is 5.41 Å². The Bertz CT molecular complexity index is 1430. The van der Waals surface area contributed by atoms with Crippen LogP contribution in [0.2, 0.25) is 0 Å². The molecule has 0 radical (unpaired) electrons. The molecule has 5 N–H and O–H groups in total. The van der Waals surface area contributed by atoms with E-state index in [0.717, 1.165) is 17.6 Å². The number of benzene rings is 3. The number of nitrogens with one attached hydrogen (secondary N) is 3. The van der Waals surface area contributed by atoms with Crippen LogP contribution >= 0.6 is 0 Å². The molecule has 0 aliphatic heterocycles. The molecule has 38 heavy (non-hydrogen) atoms. The lowest BCUT2D eigenvalue weighted by Crippen LogP contribution is -2.32. The molecule has 206 valence electrons. The Morgan fingerprint density at radius 3 is 1.42 bits per heavy atom. The Morgan fingerprint density at radius 2 is 1.13 bits per heavy atom. The van der Waals surface area contributed by atoms with Gasteiger partial charge in [0.2, 0.25) is 0 Å². The third-order valence-electron chi connectivity index (χ3n) is 4.95. The molecule has 14 heteroatoms. The number of non-ortho nitro benzene ring substituents is 1. The standard InChI is InChI=1S/C9H13N3O2S.C8H11NO2S.C7H8N2O2/c1-12(9(10)11)7-3-5-8(6-4-7)15(2,13)14;1-9-7-3-5-8(6-4-7)12(2,10)11;1-8-6-2-4-7(5-3-6)9(10)11/h3-6H,1-2H3,(H3,10,11);3-6,9H,1-2H3;2-5,8H,1H3. The smallest absolute Gasteiger partial charge is 0.269 e. The van der Waals surface area contributed by atoms with Crippen LogP contribution in [0.3, 0.4) is 0 Å². The quantitative estimate of drug-likeness (QED) is 0.150. The molecule has 0 bridgehead atoms. The molecule has 3 aromatic rings. The summed E-state index contributed by atoms with van der Waals surface area (Å²) in [6.45, 7) is 0. The SMILES string of the molecule is CN(C(=N)N)c1ccc(S(C)(=O)=O)cc1.CNc1ccc(S(C)(=O)=O)cc1.CNc1ccc([N+](=O)[O-])cc1. The first-order chi connectivity index (χ1) is 17.6. The molecule has 3 rings (SSSR count). The van der Waals surface area contributed by atoms with Gasteiger partial charge < -0.3 is 21.3 Å². The Labute approximate surface area is 223 Å². The summed E-state index contributed by atoms with van der Waals surface area (Å²) in [6, 6.07) is 19.1. The highest BCUT2D eigenvalue weighted by Gasteiger charge is 2.08. The van der Waals surface area contributed by atoms with E-state index in [0.29, 0.717) is 10.6 Å². The molecule has 0 unspecified atom stereocenters. The topological polar surface area (TPSA) is 189 Å². The van der Waals surface area contributed by atoms with E-state index in [4.69, 9.17) is 11.1 Å². The van der Waals surface area contributed by atoms with Gasteiger partial charge in [-0.3, -0.25) is 15.5 Å². The van der Waals surface area contributed by atoms with Crippen LogP contribution in [0.1, 0.15) is 0 Å². The fourth-order valence-corrected chi connectivity index (χ4v) is 3.94. The molecular weight excluding hydrogens is 532 g/mol. The molecule has 3 aromatic carbocycles. The minimum atomic E-state index is -3.17. The van der Waals surface area contributed by atoms with E-state index >= 15 is 0 Å². The second kappa shape index (κ2) is 13.9. The number of guanidine groups is 1. The number of nitrogens with zero attached hydrogens (tertiary/aromatic N) is 2. The van der Waals surface area contributed by atoms with Crippen LogP contribution in [0, 0.1) is 15.5 Å². The van der Waals surface area contributed by atoms with Crippen molar-refractivity contribution < 1.29 is 21.8 Å². The average Bonchev–Trinajstić information content (AvgIpc) is 2.88. The van der Waals surface area contributed by atoms with Gasteiger partial charge in [-0.05, 0) is 60.7 Å². The van der Waals surface area contributed by atoms with Gasteiger partial charge in [0.1, 0.15) is 0 Å². The monoisotopic (exact) mass is 564 g/mol. The maximum Gasteiger partial charge on any atom is 0.269 e.